The average molecular weight is 492 g/mol. The minimum atomic E-state index is -0.359. The molecule has 0 bridgehead atoms. The monoisotopic (exact) mass is 491 g/mol. The zero-order valence-electron chi connectivity index (χ0n) is 20.4. The van der Waals surface area contributed by atoms with Crippen molar-refractivity contribution in [2.24, 2.45) is 0 Å². The minimum Gasteiger partial charge on any atom is -0.393 e. The van der Waals surface area contributed by atoms with Crippen molar-refractivity contribution in [3.05, 3.63) is 108 Å². The summed E-state index contributed by atoms with van der Waals surface area (Å²) in [6.07, 6.45) is 5.11. The summed E-state index contributed by atoms with van der Waals surface area (Å²) in [4.78, 5) is 15.0. The Bertz CT molecular complexity index is 1350. The van der Waals surface area contributed by atoms with Crippen LogP contribution in [0.15, 0.2) is 97.3 Å². The Morgan fingerprint density at radius 2 is 1.43 bits per heavy atom. The highest BCUT2D eigenvalue weighted by molar-refractivity contribution is 6.04. The summed E-state index contributed by atoms with van der Waals surface area (Å²) in [5.41, 5.74) is 5.10. The summed E-state index contributed by atoms with van der Waals surface area (Å²) in [5, 5.41) is 25.6. The Labute approximate surface area is 216 Å². The lowest BCUT2D eigenvalue weighted by Gasteiger charge is -2.31. The molecule has 1 aliphatic rings. The van der Waals surface area contributed by atoms with Crippen LogP contribution in [0.25, 0.3) is 0 Å². The Hall–Kier alpha value is -4.54. The third-order valence-corrected chi connectivity index (χ3v) is 6.66. The molecule has 0 spiro atoms. The Morgan fingerprint density at radius 1 is 0.865 bits per heavy atom. The van der Waals surface area contributed by atoms with Crippen LogP contribution in [-0.4, -0.2) is 34.8 Å². The van der Waals surface area contributed by atoms with Crippen LogP contribution >= 0.6 is 0 Å². The number of nitrogens with one attached hydrogen (secondary N) is 2. The topological polar surface area (TPSA) is 93.3 Å². The van der Waals surface area contributed by atoms with E-state index in [9.17, 15) is 15.2 Å². The van der Waals surface area contributed by atoms with Crippen LogP contribution in [0.2, 0.25) is 0 Å². The minimum absolute atomic E-state index is 0.161. The first kappa shape index (κ1) is 24.2. The largest absolute Gasteiger partial charge is 0.393 e. The van der Waals surface area contributed by atoms with Crippen LogP contribution in [0.5, 0.6) is 0 Å². The number of anilines is 4. The molecule has 1 amide bonds. The normalized spacial score (nSPS) is 14.5. The molecule has 1 aliphatic heterocycles. The standard InChI is InChI=1S/C30H29N5O2/c31-21-29(35-17-1-2-18-35)22-3-7-24(8-4-22)32-25-9-11-26(12-10-25)33-30(37)23-5-13-27(14-6-23)34-19-15-28(36)16-20-34/h1-14,17-18,28-29,32,36H,15-16,19-20H2,(H,33,37). The SMILES string of the molecule is N#CC(c1ccc(Nc2ccc(NC(=O)c3ccc(N4CCC(O)CC4)cc3)cc2)cc1)n1cccc1. The highest BCUT2D eigenvalue weighted by Gasteiger charge is 2.17. The third-order valence-electron chi connectivity index (χ3n) is 6.66. The summed E-state index contributed by atoms with van der Waals surface area (Å²) in [7, 11) is 0. The second-order valence-corrected chi connectivity index (χ2v) is 9.21. The smallest absolute Gasteiger partial charge is 0.255 e. The number of hydrogen-bond donors (Lipinski definition) is 3. The van der Waals surface area contributed by atoms with Crippen LogP contribution in [0, 0.1) is 11.3 Å². The average Bonchev–Trinajstić information content (AvgIpc) is 3.46. The molecule has 4 aromatic rings. The van der Waals surface area contributed by atoms with E-state index in [0.29, 0.717) is 11.3 Å². The predicted molar refractivity (Wildman–Crippen MR) is 146 cm³/mol. The van der Waals surface area contributed by atoms with Gasteiger partial charge in [-0.15, -0.1) is 0 Å². The van der Waals surface area contributed by atoms with Crippen molar-refractivity contribution in [3.63, 3.8) is 0 Å². The quantitative estimate of drug-likeness (QED) is 0.315. The second kappa shape index (κ2) is 11.0. The molecule has 7 heteroatoms. The molecule has 1 fully saturated rings. The maximum Gasteiger partial charge on any atom is 0.255 e. The van der Waals surface area contributed by atoms with Gasteiger partial charge in [0.25, 0.3) is 5.91 Å². The first-order chi connectivity index (χ1) is 18.1. The van der Waals surface area contributed by atoms with E-state index >= 15 is 0 Å². The van der Waals surface area contributed by atoms with E-state index in [1.54, 1.807) is 0 Å². The van der Waals surface area contributed by atoms with Gasteiger partial charge in [-0.1, -0.05) is 12.1 Å². The molecule has 7 nitrogen and oxygen atoms in total. The first-order valence-electron chi connectivity index (χ1n) is 12.4. The van der Waals surface area contributed by atoms with Crippen molar-refractivity contribution in [1.29, 1.82) is 5.26 Å². The summed E-state index contributed by atoms with van der Waals surface area (Å²) in [6.45, 7) is 1.65. The fraction of sp³-hybridized carbons (Fsp3) is 0.200. The number of carbonyl (C=O) groups is 1. The van der Waals surface area contributed by atoms with E-state index in [2.05, 4.69) is 21.6 Å². The van der Waals surface area contributed by atoms with Crippen LogP contribution in [0.4, 0.5) is 22.7 Å². The van der Waals surface area contributed by atoms with E-state index in [1.807, 2.05) is 102 Å². The van der Waals surface area contributed by atoms with Gasteiger partial charge in [-0.05, 0) is 91.2 Å². The number of carbonyl (C=O) groups excluding carboxylic acids is 1. The summed E-state index contributed by atoms with van der Waals surface area (Å²) in [6, 6.07) is 28.7. The molecule has 1 unspecified atom stereocenters. The number of amides is 1. The van der Waals surface area contributed by atoms with Gasteiger partial charge >= 0.3 is 0 Å². The van der Waals surface area contributed by atoms with E-state index in [1.165, 1.54) is 0 Å². The Balaban J connectivity index is 1.16. The molecule has 3 aromatic carbocycles. The molecule has 0 saturated carbocycles. The molecular weight excluding hydrogens is 462 g/mol. The first-order valence-corrected chi connectivity index (χ1v) is 12.4. The molecule has 1 aromatic heterocycles. The fourth-order valence-corrected chi connectivity index (χ4v) is 4.54. The molecule has 186 valence electrons. The number of hydrogen-bond acceptors (Lipinski definition) is 5. The Morgan fingerprint density at radius 3 is 2.03 bits per heavy atom. The summed E-state index contributed by atoms with van der Waals surface area (Å²) in [5.74, 6) is -0.161. The van der Waals surface area contributed by atoms with Crippen molar-refractivity contribution >= 4 is 28.7 Å². The van der Waals surface area contributed by atoms with Gasteiger partial charge in [0.1, 0.15) is 6.04 Å². The van der Waals surface area contributed by atoms with E-state index < -0.39 is 0 Å². The zero-order chi connectivity index (χ0) is 25.6. The number of benzene rings is 3. The van der Waals surface area contributed by atoms with E-state index in [0.717, 1.165) is 48.6 Å². The van der Waals surface area contributed by atoms with Crippen LogP contribution in [0.1, 0.15) is 34.8 Å². The summed E-state index contributed by atoms with van der Waals surface area (Å²) >= 11 is 0. The van der Waals surface area contributed by atoms with Crippen molar-refractivity contribution in [2.45, 2.75) is 25.0 Å². The number of rotatable bonds is 7. The third kappa shape index (κ3) is 5.83. The number of aliphatic hydroxyl groups excluding tert-OH is 1. The summed E-state index contributed by atoms with van der Waals surface area (Å²) < 4.78 is 1.88. The number of nitrogens with zero attached hydrogens (tertiary/aromatic N) is 3. The van der Waals surface area contributed by atoms with Gasteiger partial charge in [0.2, 0.25) is 0 Å². The van der Waals surface area contributed by atoms with E-state index in [-0.39, 0.29) is 18.1 Å². The van der Waals surface area contributed by atoms with Crippen LogP contribution in [-0.2, 0) is 0 Å². The maximum absolute atomic E-state index is 12.7. The number of aliphatic hydroxyl groups is 1. The van der Waals surface area contributed by atoms with Crippen molar-refractivity contribution in [2.75, 3.05) is 28.6 Å². The maximum atomic E-state index is 12.7. The van der Waals surface area contributed by atoms with Gasteiger partial charge in [-0.25, -0.2) is 0 Å². The molecule has 1 atom stereocenters. The number of nitriles is 1. The lowest BCUT2D eigenvalue weighted by molar-refractivity contribution is 0.102. The molecule has 2 heterocycles. The molecule has 0 aliphatic carbocycles. The van der Waals surface area contributed by atoms with Gasteiger partial charge in [0.05, 0.1) is 12.2 Å². The second-order valence-electron chi connectivity index (χ2n) is 9.21. The lowest BCUT2D eigenvalue weighted by atomic mass is 10.1. The van der Waals surface area contributed by atoms with Crippen molar-refractivity contribution in [3.8, 4) is 6.07 Å². The molecule has 0 radical (unpaired) electrons. The number of aromatic nitrogens is 1. The van der Waals surface area contributed by atoms with E-state index in [4.69, 9.17) is 0 Å². The highest BCUT2D eigenvalue weighted by Crippen LogP contribution is 2.24. The molecule has 1 saturated heterocycles. The highest BCUT2D eigenvalue weighted by atomic mass is 16.3. The fourth-order valence-electron chi connectivity index (χ4n) is 4.54. The Kier molecular flexibility index (Phi) is 7.20. The van der Waals surface area contributed by atoms with Crippen molar-refractivity contribution in [1.82, 2.24) is 4.57 Å². The molecule has 3 N–H and O–H groups in total. The zero-order valence-corrected chi connectivity index (χ0v) is 20.4. The van der Waals surface area contributed by atoms with Gasteiger partial charge in [-0.2, -0.15) is 5.26 Å². The van der Waals surface area contributed by atoms with Crippen molar-refractivity contribution < 1.29 is 9.90 Å². The lowest BCUT2D eigenvalue weighted by Crippen LogP contribution is -2.35. The molecule has 5 rings (SSSR count). The molecular formula is C30H29N5O2. The molecule has 37 heavy (non-hydrogen) atoms. The predicted octanol–water partition coefficient (Wildman–Crippen LogP) is 5.56. The van der Waals surface area contributed by atoms with Crippen LogP contribution < -0.4 is 15.5 Å². The van der Waals surface area contributed by atoms with Gasteiger partial charge in [0, 0.05) is 53.8 Å². The van der Waals surface area contributed by atoms with Gasteiger partial charge in [0.15, 0.2) is 0 Å². The van der Waals surface area contributed by atoms with Gasteiger partial charge in [-0.3, -0.25) is 4.79 Å². The van der Waals surface area contributed by atoms with Gasteiger partial charge < -0.3 is 25.2 Å². The van der Waals surface area contributed by atoms with Crippen LogP contribution in [0.3, 0.4) is 0 Å². The number of piperidine rings is 1.